The number of amides is 1. The summed E-state index contributed by atoms with van der Waals surface area (Å²) in [6, 6.07) is 16.9. The van der Waals surface area contributed by atoms with Gasteiger partial charge < -0.3 is 4.74 Å². The molecule has 1 aromatic heterocycles. The number of carbonyl (C=O) groups is 1. The van der Waals surface area contributed by atoms with Gasteiger partial charge in [0.1, 0.15) is 12.3 Å². The maximum atomic E-state index is 13.3. The highest BCUT2D eigenvalue weighted by molar-refractivity contribution is 5.79. The summed E-state index contributed by atoms with van der Waals surface area (Å²) in [5.74, 6) is 0.589. The van der Waals surface area contributed by atoms with Crippen LogP contribution in [0.2, 0.25) is 0 Å². The summed E-state index contributed by atoms with van der Waals surface area (Å²) < 4.78 is 7.62. The standard InChI is InChI=1S/C25H28N4O2/c1-17(18-8-7-9-18)29(15-19-14-28(2)27-26-19)25(30)31-16-24-22-12-5-3-10-20(22)21-11-4-6-13-23(21)24/h3-6,10-14,17-18,24H,7-9,15-16H2,1-2H3/t17-/m1/s1. The molecule has 1 fully saturated rings. The van der Waals surface area contributed by atoms with Gasteiger partial charge in [-0.15, -0.1) is 5.10 Å². The van der Waals surface area contributed by atoms with E-state index in [-0.39, 0.29) is 18.1 Å². The Hall–Kier alpha value is -3.15. The number of aryl methyl sites for hydroxylation is 1. The zero-order valence-corrected chi connectivity index (χ0v) is 18.1. The van der Waals surface area contributed by atoms with Gasteiger partial charge in [-0.3, -0.25) is 9.58 Å². The van der Waals surface area contributed by atoms with E-state index in [1.165, 1.54) is 28.7 Å². The van der Waals surface area contributed by atoms with Crippen molar-refractivity contribution in [2.75, 3.05) is 6.61 Å². The Bertz CT molecular complexity index is 1040. The van der Waals surface area contributed by atoms with Gasteiger partial charge in [-0.2, -0.15) is 0 Å². The zero-order valence-electron chi connectivity index (χ0n) is 18.1. The first-order chi connectivity index (χ1) is 15.1. The number of nitrogens with zero attached hydrogens (tertiary/aromatic N) is 4. The lowest BCUT2D eigenvalue weighted by molar-refractivity contribution is 0.0563. The van der Waals surface area contributed by atoms with E-state index < -0.39 is 0 Å². The van der Waals surface area contributed by atoms with E-state index in [2.05, 4.69) is 65.8 Å². The molecule has 5 rings (SSSR count). The minimum absolute atomic E-state index is 0.0636. The van der Waals surface area contributed by atoms with E-state index in [4.69, 9.17) is 4.74 Å². The maximum absolute atomic E-state index is 13.3. The van der Waals surface area contributed by atoms with E-state index in [1.807, 2.05) is 18.1 Å². The highest BCUT2D eigenvalue weighted by Gasteiger charge is 2.34. The summed E-state index contributed by atoms with van der Waals surface area (Å²) in [5, 5.41) is 8.20. The molecule has 0 bridgehead atoms. The van der Waals surface area contributed by atoms with Crippen molar-refractivity contribution in [2.45, 2.75) is 44.7 Å². The number of hydrogen-bond donors (Lipinski definition) is 0. The van der Waals surface area contributed by atoms with Gasteiger partial charge in [0.2, 0.25) is 0 Å². The first kappa shape index (κ1) is 19.8. The fourth-order valence-corrected chi connectivity index (χ4v) is 4.87. The van der Waals surface area contributed by atoms with Crippen molar-refractivity contribution in [2.24, 2.45) is 13.0 Å². The van der Waals surface area contributed by atoms with Gasteiger partial charge in [-0.1, -0.05) is 60.2 Å². The molecular weight excluding hydrogens is 388 g/mol. The molecule has 1 saturated carbocycles. The van der Waals surface area contributed by atoms with Crippen LogP contribution in [0.1, 0.15) is 48.9 Å². The van der Waals surface area contributed by atoms with Crippen LogP contribution in [0.15, 0.2) is 54.7 Å². The van der Waals surface area contributed by atoms with E-state index in [0.717, 1.165) is 18.5 Å². The largest absolute Gasteiger partial charge is 0.448 e. The molecule has 0 aliphatic heterocycles. The summed E-state index contributed by atoms with van der Waals surface area (Å²) in [6.07, 6.45) is 5.14. The van der Waals surface area contributed by atoms with Crippen molar-refractivity contribution in [3.63, 3.8) is 0 Å². The fraction of sp³-hybridized carbons (Fsp3) is 0.400. The van der Waals surface area contributed by atoms with Crippen molar-refractivity contribution in [3.8, 4) is 11.1 Å². The highest BCUT2D eigenvalue weighted by Crippen LogP contribution is 2.44. The lowest BCUT2D eigenvalue weighted by Gasteiger charge is -2.38. The molecule has 2 aliphatic rings. The Labute approximate surface area is 182 Å². The summed E-state index contributed by atoms with van der Waals surface area (Å²) in [6.45, 7) is 2.88. The van der Waals surface area contributed by atoms with Crippen LogP contribution >= 0.6 is 0 Å². The van der Waals surface area contributed by atoms with Crippen LogP contribution < -0.4 is 0 Å². The molecular formula is C25H28N4O2. The zero-order chi connectivity index (χ0) is 21.4. The monoisotopic (exact) mass is 416 g/mol. The molecule has 0 N–H and O–H groups in total. The second-order valence-corrected chi connectivity index (χ2v) is 8.75. The molecule has 1 heterocycles. The molecule has 160 valence electrons. The Kier molecular flexibility index (Phi) is 5.22. The molecule has 0 unspecified atom stereocenters. The van der Waals surface area contributed by atoms with Gasteiger partial charge in [0, 0.05) is 25.2 Å². The summed E-state index contributed by atoms with van der Waals surface area (Å²) in [5.41, 5.74) is 5.70. The maximum Gasteiger partial charge on any atom is 0.410 e. The van der Waals surface area contributed by atoms with Crippen LogP contribution in [0.5, 0.6) is 0 Å². The van der Waals surface area contributed by atoms with E-state index in [0.29, 0.717) is 19.1 Å². The molecule has 1 atom stereocenters. The van der Waals surface area contributed by atoms with E-state index in [9.17, 15) is 4.79 Å². The third kappa shape index (κ3) is 3.71. The predicted molar refractivity (Wildman–Crippen MR) is 118 cm³/mol. The number of benzene rings is 2. The molecule has 6 heteroatoms. The molecule has 6 nitrogen and oxygen atoms in total. The van der Waals surface area contributed by atoms with Crippen molar-refractivity contribution in [1.82, 2.24) is 19.9 Å². The number of hydrogen-bond acceptors (Lipinski definition) is 4. The van der Waals surface area contributed by atoms with Gasteiger partial charge in [-0.25, -0.2) is 4.79 Å². The average molecular weight is 417 g/mol. The topological polar surface area (TPSA) is 60.2 Å². The summed E-state index contributed by atoms with van der Waals surface area (Å²) in [7, 11) is 1.84. The predicted octanol–water partition coefficient (Wildman–Crippen LogP) is 4.75. The minimum atomic E-state index is -0.271. The van der Waals surface area contributed by atoms with Crippen LogP contribution in [0.3, 0.4) is 0 Å². The molecule has 31 heavy (non-hydrogen) atoms. The number of carbonyl (C=O) groups excluding carboxylic acids is 1. The molecule has 3 aromatic rings. The molecule has 0 radical (unpaired) electrons. The number of ether oxygens (including phenoxy) is 1. The quantitative estimate of drug-likeness (QED) is 0.582. The Morgan fingerprint density at radius 1 is 1.13 bits per heavy atom. The Balaban J connectivity index is 1.35. The number of aromatic nitrogens is 3. The smallest absolute Gasteiger partial charge is 0.410 e. The van der Waals surface area contributed by atoms with Gasteiger partial charge >= 0.3 is 6.09 Å². The van der Waals surface area contributed by atoms with Gasteiger partial charge in [0.05, 0.1) is 6.54 Å². The first-order valence-corrected chi connectivity index (χ1v) is 11.1. The number of fused-ring (bicyclic) bond motifs is 3. The van der Waals surface area contributed by atoms with Gasteiger partial charge in [0.15, 0.2) is 0 Å². The average Bonchev–Trinajstić information content (AvgIpc) is 3.30. The second-order valence-electron chi connectivity index (χ2n) is 8.75. The van der Waals surface area contributed by atoms with Crippen molar-refractivity contribution < 1.29 is 9.53 Å². The van der Waals surface area contributed by atoms with Crippen molar-refractivity contribution in [1.29, 1.82) is 0 Å². The molecule has 0 spiro atoms. The summed E-state index contributed by atoms with van der Waals surface area (Å²) in [4.78, 5) is 15.1. The SMILES string of the molecule is C[C@H](C1CCC1)N(Cc1cn(C)nn1)C(=O)OCC1c2ccccc2-c2ccccc21. The number of rotatable bonds is 6. The van der Waals surface area contributed by atoms with E-state index in [1.54, 1.807) is 4.68 Å². The van der Waals surface area contributed by atoms with Crippen LogP contribution in [0.25, 0.3) is 11.1 Å². The fourth-order valence-electron chi connectivity index (χ4n) is 4.87. The lowest BCUT2D eigenvalue weighted by Crippen LogP contribution is -2.45. The van der Waals surface area contributed by atoms with Crippen LogP contribution in [0.4, 0.5) is 4.79 Å². The molecule has 2 aliphatic carbocycles. The van der Waals surface area contributed by atoms with Crippen LogP contribution in [-0.4, -0.2) is 38.6 Å². The highest BCUT2D eigenvalue weighted by atomic mass is 16.6. The molecule has 2 aromatic carbocycles. The van der Waals surface area contributed by atoms with Gasteiger partial charge in [-0.05, 0) is 47.9 Å². The normalized spacial score (nSPS) is 16.3. The van der Waals surface area contributed by atoms with Crippen molar-refractivity contribution in [3.05, 3.63) is 71.5 Å². The Morgan fingerprint density at radius 2 is 1.77 bits per heavy atom. The van der Waals surface area contributed by atoms with Crippen molar-refractivity contribution >= 4 is 6.09 Å². The Morgan fingerprint density at radius 3 is 2.32 bits per heavy atom. The van der Waals surface area contributed by atoms with Crippen LogP contribution in [-0.2, 0) is 18.3 Å². The third-order valence-electron chi connectivity index (χ3n) is 6.88. The first-order valence-electron chi connectivity index (χ1n) is 11.1. The van der Waals surface area contributed by atoms with Gasteiger partial charge in [0.25, 0.3) is 0 Å². The minimum Gasteiger partial charge on any atom is -0.448 e. The second kappa shape index (κ2) is 8.17. The third-order valence-corrected chi connectivity index (χ3v) is 6.88. The van der Waals surface area contributed by atoms with E-state index >= 15 is 0 Å². The van der Waals surface area contributed by atoms with Crippen LogP contribution in [0, 0.1) is 5.92 Å². The summed E-state index contributed by atoms with van der Waals surface area (Å²) >= 11 is 0. The molecule has 0 saturated heterocycles. The lowest BCUT2D eigenvalue weighted by atomic mass is 9.80. The molecule has 1 amide bonds.